The predicted octanol–water partition coefficient (Wildman–Crippen LogP) is 8.10. The number of aliphatic carboxylic acids is 1. The van der Waals surface area contributed by atoms with Crippen molar-refractivity contribution in [2.24, 2.45) is 5.41 Å². The summed E-state index contributed by atoms with van der Waals surface area (Å²) >= 11 is 0. The van der Waals surface area contributed by atoms with Gasteiger partial charge in [0.15, 0.2) is 0 Å². The fourth-order valence-corrected chi connectivity index (χ4v) is 4.01. The van der Waals surface area contributed by atoms with Gasteiger partial charge in [-0.15, -0.1) is 0 Å². The number of rotatable bonds is 22. The Morgan fingerprint density at radius 2 is 0.893 bits per heavy atom. The number of unbranched alkanes of at least 4 members (excludes halogenated alkanes) is 16. The van der Waals surface area contributed by atoms with Gasteiger partial charge in [-0.1, -0.05) is 129 Å². The molecule has 0 rings (SSSR count). The van der Waals surface area contributed by atoms with Gasteiger partial charge in [0.25, 0.3) is 0 Å². The van der Waals surface area contributed by atoms with Crippen molar-refractivity contribution >= 4 is 12.3 Å². The van der Waals surface area contributed by atoms with E-state index in [1.54, 1.807) is 0 Å². The molecule has 3 nitrogen and oxygen atoms in total. The summed E-state index contributed by atoms with van der Waals surface area (Å²) in [5.41, 5.74) is -1.14. The highest BCUT2D eigenvalue weighted by Gasteiger charge is 2.37. The lowest BCUT2D eigenvalue weighted by Gasteiger charge is -2.23. The highest BCUT2D eigenvalue weighted by atomic mass is 16.4. The van der Waals surface area contributed by atoms with Gasteiger partial charge in [0.05, 0.1) is 0 Å². The van der Waals surface area contributed by atoms with E-state index in [0.717, 1.165) is 32.0 Å². The summed E-state index contributed by atoms with van der Waals surface area (Å²) in [5, 5.41) is 9.64. The van der Waals surface area contributed by atoms with E-state index in [0.29, 0.717) is 12.8 Å². The SMILES string of the molecule is CCCCCCCCCCCC(C=O)(CCCCCCCCCCC)C(=O)O. The largest absolute Gasteiger partial charge is 0.481 e. The zero-order valence-electron chi connectivity index (χ0n) is 19.0. The lowest BCUT2D eigenvalue weighted by Crippen LogP contribution is -2.32. The first-order chi connectivity index (χ1) is 13.6. The molecule has 0 heterocycles. The molecular weight excluding hydrogens is 348 g/mol. The van der Waals surface area contributed by atoms with E-state index in [1.807, 2.05) is 0 Å². The van der Waals surface area contributed by atoms with Crippen LogP contribution >= 0.6 is 0 Å². The summed E-state index contributed by atoms with van der Waals surface area (Å²) in [6.45, 7) is 4.47. The number of hydrogen-bond donors (Lipinski definition) is 1. The first-order valence-electron chi connectivity index (χ1n) is 12.3. The average Bonchev–Trinajstić information content (AvgIpc) is 2.69. The average molecular weight is 397 g/mol. The van der Waals surface area contributed by atoms with Gasteiger partial charge in [-0.3, -0.25) is 4.79 Å². The van der Waals surface area contributed by atoms with Crippen molar-refractivity contribution in [1.29, 1.82) is 0 Å². The Morgan fingerprint density at radius 3 is 1.14 bits per heavy atom. The second kappa shape index (κ2) is 19.5. The zero-order chi connectivity index (χ0) is 20.9. The third-order valence-corrected chi connectivity index (χ3v) is 6.10. The van der Waals surface area contributed by atoms with Gasteiger partial charge < -0.3 is 9.90 Å². The number of carbonyl (C=O) groups excluding carboxylic acids is 1. The molecule has 0 aromatic carbocycles. The summed E-state index contributed by atoms with van der Waals surface area (Å²) in [6.07, 6.45) is 23.5. The van der Waals surface area contributed by atoms with Crippen LogP contribution in [0.3, 0.4) is 0 Å². The van der Waals surface area contributed by atoms with Crippen LogP contribution in [0.4, 0.5) is 0 Å². The maximum atomic E-state index is 11.8. The molecule has 0 aliphatic carbocycles. The maximum absolute atomic E-state index is 11.8. The predicted molar refractivity (Wildman–Crippen MR) is 120 cm³/mol. The summed E-state index contributed by atoms with van der Waals surface area (Å²) in [4.78, 5) is 23.4. The van der Waals surface area contributed by atoms with E-state index in [-0.39, 0.29) is 0 Å². The molecule has 0 aromatic heterocycles. The molecular formula is C25H48O3. The fraction of sp³-hybridized carbons (Fsp3) is 0.920. The van der Waals surface area contributed by atoms with Gasteiger partial charge >= 0.3 is 5.97 Å². The molecule has 0 spiro atoms. The van der Waals surface area contributed by atoms with Gasteiger partial charge in [0, 0.05) is 0 Å². The standard InChI is InChI=1S/C25H48O3/c1-3-5-7-9-11-13-15-17-19-21-25(23-26,24(27)28)22-20-18-16-14-12-10-8-6-4-2/h23H,3-22H2,1-2H3,(H,27,28). The van der Waals surface area contributed by atoms with Crippen LogP contribution in [0.5, 0.6) is 0 Å². The molecule has 0 saturated carbocycles. The van der Waals surface area contributed by atoms with Gasteiger partial charge in [-0.05, 0) is 12.8 Å². The van der Waals surface area contributed by atoms with Gasteiger partial charge in [0.2, 0.25) is 0 Å². The van der Waals surface area contributed by atoms with Crippen molar-refractivity contribution in [3.05, 3.63) is 0 Å². The molecule has 0 unspecified atom stereocenters. The lowest BCUT2D eigenvalue weighted by molar-refractivity contribution is -0.152. The Bertz CT molecular complexity index is 343. The van der Waals surface area contributed by atoms with E-state index in [9.17, 15) is 14.7 Å². The Kier molecular flexibility index (Phi) is 18.9. The summed E-state index contributed by atoms with van der Waals surface area (Å²) < 4.78 is 0. The Labute approximate surface area is 175 Å². The lowest BCUT2D eigenvalue weighted by atomic mass is 9.79. The van der Waals surface area contributed by atoms with Gasteiger partial charge in [-0.2, -0.15) is 0 Å². The van der Waals surface area contributed by atoms with Crippen LogP contribution in [-0.4, -0.2) is 17.4 Å². The van der Waals surface area contributed by atoms with Crippen LogP contribution in [0, 0.1) is 5.41 Å². The van der Waals surface area contributed by atoms with Crippen LogP contribution in [-0.2, 0) is 9.59 Å². The molecule has 0 atom stereocenters. The van der Waals surface area contributed by atoms with Crippen molar-refractivity contribution in [2.75, 3.05) is 0 Å². The molecule has 0 aliphatic heterocycles. The minimum Gasteiger partial charge on any atom is -0.481 e. The Hall–Kier alpha value is -0.860. The van der Waals surface area contributed by atoms with Crippen LogP contribution < -0.4 is 0 Å². The van der Waals surface area contributed by atoms with Crippen molar-refractivity contribution in [1.82, 2.24) is 0 Å². The summed E-state index contributed by atoms with van der Waals surface area (Å²) in [7, 11) is 0. The molecule has 0 saturated heterocycles. The Morgan fingerprint density at radius 1 is 0.607 bits per heavy atom. The summed E-state index contributed by atoms with van der Waals surface area (Å²) in [5.74, 6) is -0.915. The van der Waals surface area contributed by atoms with Gasteiger partial charge in [-0.25, -0.2) is 0 Å². The highest BCUT2D eigenvalue weighted by molar-refractivity contribution is 5.91. The monoisotopic (exact) mass is 396 g/mol. The van der Waals surface area contributed by atoms with E-state index in [4.69, 9.17) is 0 Å². The second-order valence-corrected chi connectivity index (χ2v) is 8.74. The minimum absolute atomic E-state index is 0.513. The van der Waals surface area contributed by atoms with Crippen molar-refractivity contribution < 1.29 is 14.7 Å². The molecule has 0 bridgehead atoms. The molecule has 0 fully saturated rings. The van der Waals surface area contributed by atoms with Gasteiger partial charge in [0.1, 0.15) is 11.7 Å². The van der Waals surface area contributed by atoms with E-state index in [1.165, 1.54) is 89.9 Å². The molecule has 0 aromatic rings. The molecule has 0 aliphatic rings. The smallest absolute Gasteiger partial charge is 0.316 e. The van der Waals surface area contributed by atoms with E-state index < -0.39 is 11.4 Å². The van der Waals surface area contributed by atoms with Crippen LogP contribution in [0.2, 0.25) is 0 Å². The van der Waals surface area contributed by atoms with Crippen LogP contribution in [0.1, 0.15) is 142 Å². The third-order valence-electron chi connectivity index (χ3n) is 6.10. The highest BCUT2D eigenvalue weighted by Crippen LogP contribution is 2.30. The number of carboxylic acid groups (broad SMARTS) is 1. The second-order valence-electron chi connectivity index (χ2n) is 8.74. The number of carbonyl (C=O) groups is 2. The fourth-order valence-electron chi connectivity index (χ4n) is 4.01. The molecule has 28 heavy (non-hydrogen) atoms. The molecule has 0 radical (unpaired) electrons. The van der Waals surface area contributed by atoms with Crippen LogP contribution in [0.25, 0.3) is 0 Å². The quantitative estimate of drug-likeness (QED) is 0.114. The molecule has 0 amide bonds. The number of hydrogen-bond acceptors (Lipinski definition) is 2. The Balaban J connectivity index is 3.88. The minimum atomic E-state index is -1.14. The molecule has 166 valence electrons. The first kappa shape index (κ1) is 27.1. The van der Waals surface area contributed by atoms with E-state index >= 15 is 0 Å². The zero-order valence-corrected chi connectivity index (χ0v) is 19.0. The maximum Gasteiger partial charge on any atom is 0.316 e. The van der Waals surface area contributed by atoms with Crippen molar-refractivity contribution in [3.63, 3.8) is 0 Å². The normalized spacial score (nSPS) is 11.6. The van der Waals surface area contributed by atoms with E-state index in [2.05, 4.69) is 13.8 Å². The van der Waals surface area contributed by atoms with Crippen LogP contribution in [0.15, 0.2) is 0 Å². The number of carboxylic acids is 1. The molecule has 3 heteroatoms. The molecule has 1 N–H and O–H groups in total. The topological polar surface area (TPSA) is 54.4 Å². The first-order valence-corrected chi connectivity index (χ1v) is 12.3. The number of aldehydes is 1. The third kappa shape index (κ3) is 14.2. The van der Waals surface area contributed by atoms with Crippen molar-refractivity contribution in [3.8, 4) is 0 Å². The van der Waals surface area contributed by atoms with Crippen molar-refractivity contribution in [2.45, 2.75) is 142 Å². The summed E-state index contributed by atoms with van der Waals surface area (Å²) in [6, 6.07) is 0.